The maximum absolute atomic E-state index is 6.20. The molecule has 0 amide bonds. The van der Waals surface area contributed by atoms with Crippen molar-refractivity contribution in [3.8, 4) is 0 Å². The number of unbranched alkanes of at least 4 members (excludes halogenated alkanes) is 4. The zero-order chi connectivity index (χ0) is 35.6. The van der Waals surface area contributed by atoms with Gasteiger partial charge in [-0.25, -0.2) is 0 Å². The molecule has 0 aliphatic rings. The number of rotatable bonds is 24. The molecule has 0 radical (unpaired) electrons. The Labute approximate surface area is 380 Å². The number of nitrogens with zero attached hydrogens (tertiary/aromatic N) is 2. The summed E-state index contributed by atoms with van der Waals surface area (Å²) in [6, 6.07) is 42.1. The van der Waals surface area contributed by atoms with E-state index in [0.717, 1.165) is 52.1 Å². The molecule has 0 bridgehead atoms. The fourth-order valence-electron chi connectivity index (χ4n) is 6.18. The molecule has 0 saturated heterocycles. The van der Waals surface area contributed by atoms with Crippen molar-refractivity contribution in [2.45, 2.75) is 64.2 Å². The average molecular weight is 1030 g/mol. The van der Waals surface area contributed by atoms with Gasteiger partial charge in [-0.05, 0) is 74.1 Å². The lowest BCUT2D eigenvalue weighted by molar-refractivity contribution is 0.547. The Hall–Kier alpha value is -2.74. The molecule has 0 fully saturated rings. The number of benzene rings is 4. The van der Waals surface area contributed by atoms with Gasteiger partial charge in [0.15, 0.2) is 11.9 Å². The number of nitrogens with one attached hydrogen (secondary N) is 4. The molecule has 56 heavy (non-hydrogen) atoms. The molecule has 4 aromatic rings. The summed E-state index contributed by atoms with van der Waals surface area (Å²) >= 11 is 0. The Kier molecular flexibility index (Phi) is 35.0. The zero-order valence-corrected chi connectivity index (χ0v) is 38.8. The SMILES string of the molecule is Br.Br.Br.Br.C.NC(=NCC(c1ccccc1)c1ccccc1)NCCCNCCCCCCCNCCCNC(N)=NCC(c1ccccc1)c1ccccc1. The van der Waals surface area contributed by atoms with E-state index in [-0.39, 0.29) is 87.2 Å². The molecule has 0 spiro atoms. The highest BCUT2D eigenvalue weighted by Crippen LogP contribution is 2.25. The largest absolute Gasteiger partial charge is 0.370 e. The third-order valence-corrected chi connectivity index (χ3v) is 9.08. The van der Waals surface area contributed by atoms with Crippen LogP contribution in [-0.2, 0) is 0 Å². The van der Waals surface area contributed by atoms with E-state index < -0.39 is 0 Å². The van der Waals surface area contributed by atoms with E-state index in [1.54, 1.807) is 0 Å². The summed E-state index contributed by atoms with van der Waals surface area (Å²) in [6.07, 6.45) is 8.29. The van der Waals surface area contributed by atoms with Crippen molar-refractivity contribution < 1.29 is 0 Å². The molecule has 4 aromatic carbocycles. The highest BCUT2D eigenvalue weighted by molar-refractivity contribution is 8.93. The molecule has 0 aliphatic heterocycles. The van der Waals surface area contributed by atoms with Crippen molar-refractivity contribution in [1.82, 2.24) is 21.3 Å². The maximum atomic E-state index is 6.20. The standard InChI is InChI=1S/C43H60N8.CH4.4BrH/c44-42(50-34-40(36-20-8-4-9-21-36)37-22-10-5-11-23-37)48-32-18-30-46-28-16-2-1-3-17-29-47-31-19-33-49-43(45)51-35-41(38-24-12-6-13-25-38)39-26-14-7-15-27-39;;;;;/h4-15,20-27,40-41,46-47H,1-3,16-19,28-35H2,(H3,44,48,50)(H3,45,49,51);1H4;4*1H. The molecule has 0 aromatic heterocycles. The maximum Gasteiger partial charge on any atom is 0.188 e. The number of aliphatic imine (C=N–C) groups is 2. The molecule has 0 unspecified atom stereocenters. The fraction of sp³-hybridized carbons (Fsp3) is 0.409. The fourth-order valence-corrected chi connectivity index (χ4v) is 6.18. The first kappa shape index (κ1) is 55.4. The van der Waals surface area contributed by atoms with Gasteiger partial charge in [-0.3, -0.25) is 9.98 Å². The minimum absolute atomic E-state index is 0. The Morgan fingerprint density at radius 1 is 0.393 bits per heavy atom. The van der Waals surface area contributed by atoms with Crippen molar-refractivity contribution in [2.75, 3.05) is 52.4 Å². The molecule has 8 N–H and O–H groups in total. The van der Waals surface area contributed by atoms with Crippen LogP contribution in [0, 0.1) is 0 Å². The topological polar surface area (TPSA) is 125 Å². The van der Waals surface area contributed by atoms with Crippen LogP contribution in [0.2, 0.25) is 0 Å². The molecule has 0 atom stereocenters. The van der Waals surface area contributed by atoms with Crippen LogP contribution in [0.25, 0.3) is 0 Å². The van der Waals surface area contributed by atoms with Gasteiger partial charge in [0, 0.05) is 24.9 Å². The Morgan fingerprint density at radius 3 is 0.964 bits per heavy atom. The monoisotopic (exact) mass is 1020 g/mol. The summed E-state index contributed by atoms with van der Waals surface area (Å²) < 4.78 is 0. The van der Waals surface area contributed by atoms with Crippen molar-refractivity contribution in [1.29, 1.82) is 0 Å². The van der Waals surface area contributed by atoms with Gasteiger partial charge >= 0.3 is 0 Å². The van der Waals surface area contributed by atoms with Crippen LogP contribution in [0.1, 0.15) is 86.5 Å². The van der Waals surface area contributed by atoms with Gasteiger partial charge in [-0.15, -0.1) is 67.9 Å². The second kappa shape index (κ2) is 35.4. The molecular weight excluding hydrogens is 960 g/mol. The number of nitrogens with two attached hydrogens (primary N) is 2. The van der Waals surface area contributed by atoms with Crippen molar-refractivity contribution >= 4 is 79.8 Å². The Bertz CT molecular complexity index is 1320. The molecule has 312 valence electrons. The van der Waals surface area contributed by atoms with E-state index >= 15 is 0 Å². The summed E-state index contributed by atoms with van der Waals surface area (Å²) in [7, 11) is 0. The lowest BCUT2D eigenvalue weighted by Crippen LogP contribution is -2.34. The van der Waals surface area contributed by atoms with Gasteiger partial charge in [0.25, 0.3) is 0 Å². The predicted molar refractivity (Wildman–Crippen MR) is 265 cm³/mol. The van der Waals surface area contributed by atoms with Gasteiger partial charge < -0.3 is 32.7 Å². The van der Waals surface area contributed by atoms with E-state index in [1.165, 1.54) is 54.4 Å². The van der Waals surface area contributed by atoms with Crippen molar-refractivity contribution in [2.24, 2.45) is 21.5 Å². The molecule has 4 rings (SSSR count). The molecule has 8 nitrogen and oxygen atoms in total. The number of halogens is 4. The molecule has 12 heteroatoms. The van der Waals surface area contributed by atoms with Crippen LogP contribution in [0.3, 0.4) is 0 Å². The van der Waals surface area contributed by atoms with Gasteiger partial charge in [0.2, 0.25) is 0 Å². The predicted octanol–water partition coefficient (Wildman–Crippen LogP) is 9.32. The minimum atomic E-state index is 0. The Morgan fingerprint density at radius 2 is 0.661 bits per heavy atom. The third kappa shape index (κ3) is 22.9. The summed E-state index contributed by atoms with van der Waals surface area (Å²) in [4.78, 5) is 9.33. The van der Waals surface area contributed by atoms with E-state index in [1.807, 2.05) is 24.3 Å². The average Bonchev–Trinajstić information content (AvgIpc) is 3.18. The van der Waals surface area contributed by atoms with E-state index in [0.29, 0.717) is 25.0 Å². The first-order chi connectivity index (χ1) is 25.2. The van der Waals surface area contributed by atoms with Crippen LogP contribution >= 0.6 is 67.9 Å². The van der Waals surface area contributed by atoms with Gasteiger partial charge in [-0.1, -0.05) is 148 Å². The second-order valence-electron chi connectivity index (χ2n) is 13.0. The van der Waals surface area contributed by atoms with Gasteiger partial charge in [0.1, 0.15) is 0 Å². The summed E-state index contributed by atoms with van der Waals surface area (Å²) in [6.45, 7) is 6.97. The first-order valence-electron chi connectivity index (χ1n) is 18.9. The zero-order valence-electron chi connectivity index (χ0n) is 32.0. The van der Waals surface area contributed by atoms with E-state index in [2.05, 4.69) is 128 Å². The van der Waals surface area contributed by atoms with Gasteiger partial charge in [-0.2, -0.15) is 0 Å². The smallest absolute Gasteiger partial charge is 0.188 e. The van der Waals surface area contributed by atoms with Crippen LogP contribution in [0.15, 0.2) is 131 Å². The molecule has 0 heterocycles. The van der Waals surface area contributed by atoms with E-state index in [4.69, 9.17) is 11.5 Å². The second-order valence-corrected chi connectivity index (χ2v) is 13.0. The normalized spacial score (nSPS) is 11.0. The number of hydrogen-bond acceptors (Lipinski definition) is 4. The van der Waals surface area contributed by atoms with Crippen molar-refractivity contribution in [3.63, 3.8) is 0 Å². The highest BCUT2D eigenvalue weighted by atomic mass is 79.9. The van der Waals surface area contributed by atoms with Crippen LogP contribution in [-0.4, -0.2) is 64.3 Å². The quantitative estimate of drug-likeness (QED) is 0.0236. The minimum Gasteiger partial charge on any atom is -0.370 e. The lowest BCUT2D eigenvalue weighted by atomic mass is 9.91. The Balaban J connectivity index is 0. The number of guanidine groups is 2. The van der Waals surface area contributed by atoms with Gasteiger partial charge in [0.05, 0.1) is 13.1 Å². The molecular formula is C44H68Br4N8. The highest BCUT2D eigenvalue weighted by Gasteiger charge is 2.14. The van der Waals surface area contributed by atoms with E-state index in [9.17, 15) is 0 Å². The van der Waals surface area contributed by atoms with Crippen LogP contribution < -0.4 is 32.7 Å². The van der Waals surface area contributed by atoms with Crippen LogP contribution in [0.4, 0.5) is 0 Å². The molecule has 0 saturated carbocycles. The summed E-state index contributed by atoms with van der Waals surface area (Å²) in [5.41, 5.74) is 17.4. The first-order valence-corrected chi connectivity index (χ1v) is 18.9. The third-order valence-electron chi connectivity index (χ3n) is 9.08. The van der Waals surface area contributed by atoms with Crippen molar-refractivity contribution in [3.05, 3.63) is 144 Å². The summed E-state index contributed by atoms with van der Waals surface area (Å²) in [5.74, 6) is 1.41. The lowest BCUT2D eigenvalue weighted by Gasteiger charge is -2.16. The van der Waals surface area contributed by atoms with Crippen LogP contribution in [0.5, 0.6) is 0 Å². The summed E-state index contributed by atoms with van der Waals surface area (Å²) in [5, 5.41) is 13.7. The number of hydrogen-bond donors (Lipinski definition) is 6. The molecule has 0 aliphatic carbocycles.